The number of hydrogen-bond donors (Lipinski definition) is 1. The van der Waals surface area contributed by atoms with Crippen molar-refractivity contribution < 1.29 is 4.79 Å². The maximum atomic E-state index is 12.1. The summed E-state index contributed by atoms with van der Waals surface area (Å²) in [5, 5.41) is 0. The van der Waals surface area contributed by atoms with Crippen molar-refractivity contribution in [1.29, 1.82) is 0 Å². The Kier molecular flexibility index (Phi) is 4.09. The van der Waals surface area contributed by atoms with Gasteiger partial charge in [-0.3, -0.25) is 9.78 Å². The van der Waals surface area contributed by atoms with Crippen LogP contribution in [0.3, 0.4) is 0 Å². The van der Waals surface area contributed by atoms with Gasteiger partial charge in [0, 0.05) is 25.5 Å². The van der Waals surface area contributed by atoms with E-state index in [0.717, 1.165) is 31.5 Å². The second-order valence-corrected chi connectivity index (χ2v) is 4.62. The minimum atomic E-state index is 0.191. The SMILES string of the molecule is NC[C@@H]1CCCN(C(=O)Cc2cccnc2)C1. The average molecular weight is 233 g/mol. The molecule has 2 heterocycles. The number of nitrogens with zero attached hydrogens (tertiary/aromatic N) is 2. The summed E-state index contributed by atoms with van der Waals surface area (Å²) < 4.78 is 0. The Labute approximate surface area is 102 Å². The van der Waals surface area contributed by atoms with Crippen LogP contribution in [-0.2, 0) is 11.2 Å². The van der Waals surface area contributed by atoms with Gasteiger partial charge < -0.3 is 10.6 Å². The monoisotopic (exact) mass is 233 g/mol. The minimum Gasteiger partial charge on any atom is -0.342 e. The predicted molar refractivity (Wildman–Crippen MR) is 66.3 cm³/mol. The van der Waals surface area contributed by atoms with E-state index in [9.17, 15) is 4.79 Å². The lowest BCUT2D eigenvalue weighted by Gasteiger charge is -2.32. The summed E-state index contributed by atoms with van der Waals surface area (Å²) in [6.45, 7) is 2.36. The summed E-state index contributed by atoms with van der Waals surface area (Å²) in [5.41, 5.74) is 6.65. The molecule has 1 fully saturated rings. The van der Waals surface area contributed by atoms with Crippen LogP contribution in [0.5, 0.6) is 0 Å². The third-order valence-electron chi connectivity index (χ3n) is 3.28. The number of rotatable bonds is 3. The van der Waals surface area contributed by atoms with Gasteiger partial charge in [-0.25, -0.2) is 0 Å². The molecule has 1 atom stereocenters. The zero-order valence-electron chi connectivity index (χ0n) is 10.0. The molecule has 0 aliphatic carbocycles. The van der Waals surface area contributed by atoms with Gasteiger partial charge in [0.1, 0.15) is 0 Å². The number of amides is 1. The zero-order valence-corrected chi connectivity index (χ0v) is 10.0. The van der Waals surface area contributed by atoms with Crippen LogP contribution in [0.2, 0.25) is 0 Å². The van der Waals surface area contributed by atoms with Crippen LogP contribution in [0, 0.1) is 5.92 Å². The third kappa shape index (κ3) is 3.27. The van der Waals surface area contributed by atoms with Gasteiger partial charge in [-0.15, -0.1) is 0 Å². The molecule has 2 N–H and O–H groups in total. The van der Waals surface area contributed by atoms with Crippen LogP contribution in [0.4, 0.5) is 0 Å². The highest BCUT2D eigenvalue weighted by Crippen LogP contribution is 2.16. The molecular weight excluding hydrogens is 214 g/mol. The Balaban J connectivity index is 1.91. The van der Waals surface area contributed by atoms with Crippen molar-refractivity contribution >= 4 is 5.91 Å². The summed E-state index contributed by atoms with van der Waals surface area (Å²) in [7, 11) is 0. The van der Waals surface area contributed by atoms with Crippen LogP contribution in [0.15, 0.2) is 24.5 Å². The maximum Gasteiger partial charge on any atom is 0.227 e. The molecule has 1 aliphatic heterocycles. The second kappa shape index (κ2) is 5.77. The quantitative estimate of drug-likeness (QED) is 0.841. The van der Waals surface area contributed by atoms with Crippen LogP contribution >= 0.6 is 0 Å². The molecule has 1 saturated heterocycles. The van der Waals surface area contributed by atoms with Gasteiger partial charge in [-0.2, -0.15) is 0 Å². The largest absolute Gasteiger partial charge is 0.342 e. The average Bonchev–Trinajstić information content (AvgIpc) is 2.40. The molecule has 0 unspecified atom stereocenters. The Morgan fingerprint density at radius 1 is 1.59 bits per heavy atom. The molecule has 92 valence electrons. The molecule has 0 saturated carbocycles. The Morgan fingerprint density at radius 3 is 3.18 bits per heavy atom. The molecule has 0 radical (unpaired) electrons. The van der Waals surface area contributed by atoms with E-state index in [1.807, 2.05) is 17.0 Å². The zero-order chi connectivity index (χ0) is 12.1. The lowest BCUT2D eigenvalue weighted by atomic mass is 9.98. The van der Waals surface area contributed by atoms with Gasteiger partial charge in [0.2, 0.25) is 5.91 Å². The van der Waals surface area contributed by atoms with E-state index in [4.69, 9.17) is 5.73 Å². The van der Waals surface area contributed by atoms with Crippen molar-refractivity contribution in [2.75, 3.05) is 19.6 Å². The van der Waals surface area contributed by atoms with E-state index < -0.39 is 0 Å². The summed E-state index contributed by atoms with van der Waals surface area (Å²) >= 11 is 0. The molecule has 0 aromatic carbocycles. The van der Waals surface area contributed by atoms with Crippen LogP contribution < -0.4 is 5.73 Å². The molecule has 17 heavy (non-hydrogen) atoms. The second-order valence-electron chi connectivity index (χ2n) is 4.62. The number of hydrogen-bond acceptors (Lipinski definition) is 3. The molecule has 4 nitrogen and oxygen atoms in total. The number of carbonyl (C=O) groups is 1. The van der Waals surface area contributed by atoms with Crippen molar-refractivity contribution in [1.82, 2.24) is 9.88 Å². The van der Waals surface area contributed by atoms with Crippen LogP contribution in [0.1, 0.15) is 18.4 Å². The normalized spacial score (nSPS) is 20.3. The van der Waals surface area contributed by atoms with Crippen molar-refractivity contribution in [3.63, 3.8) is 0 Å². The molecule has 1 aromatic rings. The first-order chi connectivity index (χ1) is 8.29. The van der Waals surface area contributed by atoms with Gasteiger partial charge in [0.05, 0.1) is 6.42 Å². The highest BCUT2D eigenvalue weighted by atomic mass is 16.2. The summed E-state index contributed by atoms with van der Waals surface area (Å²) in [4.78, 5) is 18.0. The minimum absolute atomic E-state index is 0.191. The summed E-state index contributed by atoms with van der Waals surface area (Å²) in [6.07, 6.45) is 6.14. The number of carbonyl (C=O) groups excluding carboxylic acids is 1. The van der Waals surface area contributed by atoms with Crippen LogP contribution in [0.25, 0.3) is 0 Å². The van der Waals surface area contributed by atoms with E-state index in [2.05, 4.69) is 4.98 Å². The number of pyridine rings is 1. The van der Waals surface area contributed by atoms with Gasteiger partial charge in [0.25, 0.3) is 0 Å². The van der Waals surface area contributed by atoms with Gasteiger partial charge in [-0.1, -0.05) is 6.07 Å². The fourth-order valence-electron chi connectivity index (χ4n) is 2.27. The number of aromatic nitrogens is 1. The lowest BCUT2D eigenvalue weighted by Crippen LogP contribution is -2.42. The van der Waals surface area contributed by atoms with Crippen LogP contribution in [-0.4, -0.2) is 35.4 Å². The van der Waals surface area contributed by atoms with Crippen molar-refractivity contribution in [2.24, 2.45) is 11.7 Å². The molecule has 2 rings (SSSR count). The first-order valence-electron chi connectivity index (χ1n) is 6.16. The first-order valence-corrected chi connectivity index (χ1v) is 6.16. The molecule has 0 spiro atoms. The van der Waals surface area contributed by atoms with E-state index in [1.54, 1.807) is 12.4 Å². The summed E-state index contributed by atoms with van der Waals surface area (Å²) in [5.74, 6) is 0.665. The van der Waals surface area contributed by atoms with Gasteiger partial charge in [-0.05, 0) is 36.9 Å². The van der Waals surface area contributed by atoms with E-state index >= 15 is 0 Å². The highest BCUT2D eigenvalue weighted by Gasteiger charge is 2.22. The fourth-order valence-corrected chi connectivity index (χ4v) is 2.27. The Hall–Kier alpha value is -1.42. The molecule has 1 aromatic heterocycles. The number of piperidine rings is 1. The molecule has 4 heteroatoms. The first kappa shape index (κ1) is 12.0. The number of likely N-dealkylation sites (tertiary alicyclic amines) is 1. The predicted octanol–water partition coefficient (Wildman–Crippen LogP) is 0.821. The molecule has 0 bridgehead atoms. The molecule has 1 amide bonds. The van der Waals surface area contributed by atoms with Gasteiger partial charge in [0.15, 0.2) is 0 Å². The third-order valence-corrected chi connectivity index (χ3v) is 3.28. The van der Waals surface area contributed by atoms with Crippen molar-refractivity contribution in [3.8, 4) is 0 Å². The molecular formula is C13H19N3O. The smallest absolute Gasteiger partial charge is 0.227 e. The maximum absolute atomic E-state index is 12.1. The topological polar surface area (TPSA) is 59.2 Å². The standard InChI is InChI=1S/C13H19N3O/c14-8-12-4-2-6-16(10-12)13(17)7-11-3-1-5-15-9-11/h1,3,5,9,12H,2,4,6-8,10,14H2/t12-/m0/s1. The van der Waals surface area contributed by atoms with Gasteiger partial charge >= 0.3 is 0 Å². The van der Waals surface area contributed by atoms with E-state index in [-0.39, 0.29) is 5.91 Å². The fraction of sp³-hybridized carbons (Fsp3) is 0.538. The Bertz CT molecular complexity index is 366. The van der Waals surface area contributed by atoms with E-state index in [0.29, 0.717) is 18.9 Å². The lowest BCUT2D eigenvalue weighted by molar-refractivity contribution is -0.132. The number of nitrogens with two attached hydrogens (primary N) is 1. The molecule has 1 aliphatic rings. The van der Waals surface area contributed by atoms with E-state index in [1.165, 1.54) is 0 Å². The Morgan fingerprint density at radius 2 is 2.47 bits per heavy atom. The van der Waals surface area contributed by atoms with Crippen molar-refractivity contribution in [2.45, 2.75) is 19.3 Å². The highest BCUT2D eigenvalue weighted by molar-refractivity contribution is 5.78. The summed E-state index contributed by atoms with van der Waals surface area (Å²) in [6, 6.07) is 3.80. The van der Waals surface area contributed by atoms with Crippen molar-refractivity contribution in [3.05, 3.63) is 30.1 Å².